The van der Waals surface area contributed by atoms with E-state index in [0.29, 0.717) is 96.3 Å². The minimum absolute atomic E-state index is 0.0195. The highest BCUT2D eigenvalue weighted by molar-refractivity contribution is 6.62. The summed E-state index contributed by atoms with van der Waals surface area (Å²) in [6.45, 7) is 22.6. The molecule has 0 radical (unpaired) electrons. The molecule has 0 amide bonds. The number of halogens is 5. The lowest BCUT2D eigenvalue weighted by Gasteiger charge is -2.42. The highest BCUT2D eigenvalue weighted by atomic mass is 35.5. The number of nitrogens with zero attached hydrogens (tertiary/aromatic N) is 14. The predicted octanol–water partition coefficient (Wildman–Crippen LogP) is 5.03. The molecule has 0 bridgehead atoms. The Kier molecular flexibility index (Phi) is 18.1. The number of nitrogens with two attached hydrogens (primary N) is 1. The van der Waals surface area contributed by atoms with Gasteiger partial charge < -0.3 is 58.5 Å². The van der Waals surface area contributed by atoms with E-state index in [1.54, 1.807) is 19.0 Å². The summed E-state index contributed by atoms with van der Waals surface area (Å²) < 4.78 is 87.8. The van der Waals surface area contributed by atoms with Crippen LogP contribution >= 0.6 is 11.6 Å². The van der Waals surface area contributed by atoms with E-state index in [0.717, 1.165) is 25.7 Å². The first-order chi connectivity index (χ1) is 34.6. The first-order valence-corrected chi connectivity index (χ1v) is 24.4. The van der Waals surface area contributed by atoms with Crippen LogP contribution < -0.4 is 30.8 Å². The molecule has 0 saturated carbocycles. The highest BCUT2D eigenvalue weighted by Gasteiger charge is 2.52. The Hall–Kier alpha value is -5.38. The number of aliphatic imine (C=N–C) groups is 1. The van der Waals surface area contributed by atoms with Gasteiger partial charge in [-0.1, -0.05) is 0 Å². The van der Waals surface area contributed by atoms with Crippen molar-refractivity contribution in [3.63, 3.8) is 0 Å². The third-order valence-corrected chi connectivity index (χ3v) is 13.0. The van der Waals surface area contributed by atoms with Gasteiger partial charge in [0.1, 0.15) is 5.82 Å². The first kappa shape index (κ1) is 55.4. The van der Waals surface area contributed by atoms with Gasteiger partial charge in [-0.15, -0.1) is 0 Å². The molecule has 4 aromatic rings. The molecule has 0 unspecified atom stereocenters. The zero-order valence-electron chi connectivity index (χ0n) is 42.8. The second-order valence-electron chi connectivity index (χ2n) is 19.6. The summed E-state index contributed by atoms with van der Waals surface area (Å²) in [5.74, 6) is 2.49. The van der Waals surface area contributed by atoms with E-state index in [4.69, 9.17) is 45.6 Å². The van der Waals surface area contributed by atoms with Crippen LogP contribution in [0.5, 0.6) is 0 Å². The molecule has 0 aliphatic carbocycles. The number of nitrogen functional groups attached to an aromatic ring is 1. The molecule has 73 heavy (non-hydrogen) atoms. The van der Waals surface area contributed by atoms with Crippen LogP contribution in [0.25, 0.3) is 11.4 Å². The predicted molar refractivity (Wildman–Crippen MR) is 270 cm³/mol. The standard InChI is InChI=1S/C19H25F2N7O2.C15H22BF2N3O2.C12H18ClN5O2/c1-19(2)11-30-8-5-28(19)18-25-16(13-10-23-14(22)9-12(13)15(20)21)24-17(26-18)27-3-6-29-7-4-27;1-14(2)15(3,4)23-16(22-14)11-8-19-12(20-9-21(5)6)7-10(11)13(17)18;1-9-8-20-7-4-18(9)12-15-10(13)14-11(16-12)17-2-5-19-6-3-17/h9-10,15H,3-8,11H2,1-2H3,(H2,22,23);7-9,13H,1-6H3;9H,2-8H2,1H3/t;;9-/m..1/s1. The van der Waals surface area contributed by atoms with Gasteiger partial charge in [-0.25, -0.2) is 32.5 Å². The summed E-state index contributed by atoms with van der Waals surface area (Å²) in [5.41, 5.74) is 4.03. The maximum Gasteiger partial charge on any atom is 0.496 e. The number of ether oxygens (including phenoxy) is 4. The Morgan fingerprint density at radius 3 is 1.86 bits per heavy atom. The van der Waals surface area contributed by atoms with E-state index >= 15 is 0 Å². The topological polar surface area (TPSA) is 213 Å². The van der Waals surface area contributed by atoms with E-state index in [9.17, 15) is 17.6 Å². The summed E-state index contributed by atoms with van der Waals surface area (Å²) in [6, 6.07) is 2.67. The highest BCUT2D eigenvalue weighted by Crippen LogP contribution is 2.38. The molecule has 398 valence electrons. The fraction of sp³-hybridized carbons (Fsp3) is 0.630. The summed E-state index contributed by atoms with van der Waals surface area (Å²) in [5, 5.41) is 0.232. The van der Waals surface area contributed by atoms with Crippen LogP contribution in [0.1, 0.15) is 72.4 Å². The molecule has 9 rings (SSSR count). The minimum Gasteiger partial charge on any atom is -0.399 e. The second kappa shape index (κ2) is 23.9. The van der Waals surface area contributed by atoms with E-state index in [-0.39, 0.29) is 56.5 Å². The van der Waals surface area contributed by atoms with Crippen LogP contribution in [0.4, 0.5) is 53.0 Å². The lowest BCUT2D eigenvalue weighted by atomic mass is 9.77. The van der Waals surface area contributed by atoms with Crippen molar-refractivity contribution in [2.45, 2.75) is 84.1 Å². The molecule has 0 aromatic carbocycles. The molecular weight excluding hydrogens is 981 g/mol. The van der Waals surface area contributed by atoms with Gasteiger partial charge in [0, 0.05) is 87.9 Å². The van der Waals surface area contributed by atoms with Crippen molar-refractivity contribution in [3.8, 4) is 11.4 Å². The number of hydrogen-bond acceptors (Lipinski definition) is 20. The Balaban J connectivity index is 0.000000164. The number of rotatable bonds is 10. The van der Waals surface area contributed by atoms with Gasteiger partial charge >= 0.3 is 7.12 Å². The molecular formula is C46H65BClF4N15O6. The number of aromatic nitrogens is 8. The van der Waals surface area contributed by atoms with Gasteiger partial charge in [-0.05, 0) is 72.2 Å². The van der Waals surface area contributed by atoms with Crippen molar-refractivity contribution in [1.82, 2.24) is 44.8 Å². The average Bonchev–Trinajstić information content (AvgIpc) is 3.58. The molecule has 9 heterocycles. The van der Waals surface area contributed by atoms with Crippen LogP contribution in [0.3, 0.4) is 0 Å². The Bertz CT molecular complexity index is 2500. The Labute approximate surface area is 428 Å². The number of anilines is 5. The zero-order valence-corrected chi connectivity index (χ0v) is 43.5. The summed E-state index contributed by atoms with van der Waals surface area (Å²) in [4.78, 5) is 48.9. The zero-order chi connectivity index (χ0) is 52.7. The van der Waals surface area contributed by atoms with Crippen molar-refractivity contribution < 1.29 is 45.8 Å². The van der Waals surface area contributed by atoms with Crippen LogP contribution in [0.15, 0.2) is 29.5 Å². The van der Waals surface area contributed by atoms with E-state index in [1.807, 2.05) is 51.3 Å². The lowest BCUT2D eigenvalue weighted by Crippen LogP contribution is -2.54. The molecule has 1 atom stereocenters. The van der Waals surface area contributed by atoms with Gasteiger partial charge in [0.05, 0.1) is 82.0 Å². The van der Waals surface area contributed by atoms with Gasteiger partial charge in [0.15, 0.2) is 11.6 Å². The summed E-state index contributed by atoms with van der Waals surface area (Å²) >= 11 is 6.06. The molecule has 27 heteroatoms. The van der Waals surface area contributed by atoms with Crippen molar-refractivity contribution in [1.29, 1.82) is 0 Å². The second-order valence-corrected chi connectivity index (χ2v) is 19.9. The van der Waals surface area contributed by atoms with Crippen molar-refractivity contribution in [2.24, 2.45) is 4.99 Å². The third-order valence-electron chi connectivity index (χ3n) is 12.8. The first-order valence-electron chi connectivity index (χ1n) is 24.0. The molecule has 5 fully saturated rings. The third kappa shape index (κ3) is 13.9. The number of hydrogen-bond donors (Lipinski definition) is 1. The monoisotopic (exact) mass is 1050 g/mol. The summed E-state index contributed by atoms with van der Waals surface area (Å²) in [6.07, 6.45) is -1.25. The van der Waals surface area contributed by atoms with E-state index in [2.05, 4.69) is 61.6 Å². The largest absolute Gasteiger partial charge is 0.496 e. The molecule has 5 aliphatic rings. The van der Waals surface area contributed by atoms with Crippen LogP contribution in [0.2, 0.25) is 5.28 Å². The van der Waals surface area contributed by atoms with Gasteiger partial charge in [0.25, 0.3) is 12.9 Å². The van der Waals surface area contributed by atoms with Crippen molar-refractivity contribution >= 4 is 65.9 Å². The molecule has 21 nitrogen and oxygen atoms in total. The summed E-state index contributed by atoms with van der Waals surface area (Å²) in [7, 11) is 2.70. The van der Waals surface area contributed by atoms with E-state index in [1.165, 1.54) is 24.8 Å². The quantitative estimate of drug-likeness (QED) is 0.0955. The van der Waals surface area contributed by atoms with Crippen molar-refractivity contribution in [2.75, 3.05) is 132 Å². The lowest BCUT2D eigenvalue weighted by molar-refractivity contribution is 0.00578. The fourth-order valence-electron chi connectivity index (χ4n) is 8.04. The average molecular weight is 1050 g/mol. The number of morpholine rings is 4. The molecule has 2 N–H and O–H groups in total. The van der Waals surface area contributed by atoms with Crippen molar-refractivity contribution in [3.05, 3.63) is 40.9 Å². The normalized spacial score (nSPS) is 20.8. The Morgan fingerprint density at radius 1 is 0.712 bits per heavy atom. The fourth-order valence-corrected chi connectivity index (χ4v) is 8.19. The molecule has 5 saturated heterocycles. The molecule has 5 aliphatic heterocycles. The van der Waals surface area contributed by atoms with Crippen LogP contribution in [-0.2, 0) is 28.3 Å². The number of pyridine rings is 2. The van der Waals surface area contributed by atoms with Gasteiger partial charge in [0.2, 0.25) is 29.1 Å². The number of alkyl halides is 4. The SMILES string of the molecule is CC1(C)COCCN1c1nc(-c2cnc(N)cc2C(F)F)nc(N2CCOCC2)n1.CN(C)C=Nc1cc(C(F)F)c(B2OC(C)(C)C(C)(C)O2)cn1.C[C@@H]1COCCN1c1nc(Cl)nc(N2CCOCC2)n1. The van der Waals surface area contributed by atoms with Crippen LogP contribution in [0, 0.1) is 0 Å². The van der Waals surface area contributed by atoms with Gasteiger partial charge in [-0.3, -0.25) is 0 Å². The van der Waals surface area contributed by atoms with E-state index < -0.39 is 31.2 Å². The minimum atomic E-state index is -2.74. The Morgan fingerprint density at radius 2 is 1.27 bits per heavy atom. The molecule has 4 aromatic heterocycles. The van der Waals surface area contributed by atoms with Gasteiger partial charge in [-0.2, -0.15) is 29.9 Å². The smallest absolute Gasteiger partial charge is 0.399 e. The maximum absolute atomic E-state index is 13.7. The maximum atomic E-state index is 13.7. The molecule has 0 spiro atoms. The van der Waals surface area contributed by atoms with Crippen LogP contribution in [-0.4, -0.2) is 187 Å².